The van der Waals surface area contributed by atoms with E-state index in [1.54, 1.807) is 14.0 Å². The Morgan fingerprint density at radius 3 is 2.50 bits per heavy atom. The molecular formula is C22H27N3O3. The lowest BCUT2D eigenvalue weighted by Crippen LogP contribution is -2.46. The van der Waals surface area contributed by atoms with Crippen LogP contribution in [0.15, 0.2) is 36.4 Å². The highest BCUT2D eigenvalue weighted by molar-refractivity contribution is 6.07. The van der Waals surface area contributed by atoms with Crippen molar-refractivity contribution in [2.75, 3.05) is 26.9 Å². The summed E-state index contributed by atoms with van der Waals surface area (Å²) < 4.78 is 5.27. The number of hydrogen-bond acceptors (Lipinski definition) is 4. The van der Waals surface area contributed by atoms with E-state index < -0.39 is 5.54 Å². The van der Waals surface area contributed by atoms with E-state index in [2.05, 4.69) is 17.1 Å². The third-order valence-electron chi connectivity index (χ3n) is 6.12. The highest BCUT2D eigenvalue weighted by Crippen LogP contribution is 2.32. The Balaban J connectivity index is 1.58. The van der Waals surface area contributed by atoms with Crippen molar-refractivity contribution < 1.29 is 14.3 Å². The molecule has 2 heterocycles. The smallest absolute Gasteiger partial charge is 0.326 e. The quantitative estimate of drug-likeness (QED) is 0.826. The van der Waals surface area contributed by atoms with Crippen molar-refractivity contribution in [3.8, 4) is 5.75 Å². The molecule has 28 heavy (non-hydrogen) atoms. The number of urea groups is 1. The van der Waals surface area contributed by atoms with Crippen molar-refractivity contribution in [2.45, 2.75) is 32.2 Å². The number of benzene rings is 2. The number of nitrogens with one attached hydrogen (secondary N) is 1. The molecule has 2 aromatic carbocycles. The minimum atomic E-state index is -1.05. The monoisotopic (exact) mass is 381 g/mol. The number of amides is 3. The minimum absolute atomic E-state index is 0.191. The van der Waals surface area contributed by atoms with E-state index in [-0.39, 0.29) is 11.9 Å². The van der Waals surface area contributed by atoms with E-state index in [1.165, 1.54) is 4.90 Å². The molecule has 1 N–H and O–H groups in total. The van der Waals surface area contributed by atoms with Gasteiger partial charge in [-0.15, -0.1) is 0 Å². The van der Waals surface area contributed by atoms with Crippen LogP contribution in [-0.4, -0.2) is 48.6 Å². The predicted molar refractivity (Wildman–Crippen MR) is 108 cm³/mol. The molecule has 1 atom stereocenters. The van der Waals surface area contributed by atoms with E-state index in [0.717, 1.165) is 48.0 Å². The first-order valence-electron chi connectivity index (χ1n) is 9.85. The summed E-state index contributed by atoms with van der Waals surface area (Å²) in [7, 11) is 1.64. The number of methoxy groups -OCH3 is 1. The van der Waals surface area contributed by atoms with Gasteiger partial charge in [0.2, 0.25) is 0 Å². The van der Waals surface area contributed by atoms with Gasteiger partial charge in [-0.05, 0) is 60.2 Å². The lowest BCUT2D eigenvalue weighted by molar-refractivity contribution is -0.132. The van der Waals surface area contributed by atoms with Crippen LogP contribution in [0.3, 0.4) is 0 Å². The van der Waals surface area contributed by atoms with Crippen LogP contribution >= 0.6 is 0 Å². The number of rotatable bonds is 4. The molecule has 6 nitrogen and oxygen atoms in total. The summed E-state index contributed by atoms with van der Waals surface area (Å²) in [6, 6.07) is 11.3. The molecule has 6 heteroatoms. The number of imide groups is 1. The zero-order chi connectivity index (χ0) is 19.9. The maximum atomic E-state index is 13.2. The number of likely N-dealkylation sites (tertiary alicyclic amines) is 1. The van der Waals surface area contributed by atoms with Crippen LogP contribution in [0.4, 0.5) is 4.79 Å². The standard InChI is InChI=1S/C22H27N3O3/c1-15-8-10-24(11-9-15)14-25-20(26)22(2,23-21(25)27)18-6-4-17-13-19(28-3)7-5-16(17)12-18/h4-7,12-13,15H,8-11,14H2,1-3H3,(H,23,27)/t22-/m1/s1. The maximum Gasteiger partial charge on any atom is 0.326 e. The molecule has 0 aromatic heterocycles. The van der Waals surface area contributed by atoms with Crippen molar-refractivity contribution in [2.24, 2.45) is 5.92 Å². The molecule has 0 saturated carbocycles. The Morgan fingerprint density at radius 2 is 1.79 bits per heavy atom. The Bertz CT molecular complexity index is 920. The van der Waals surface area contributed by atoms with Gasteiger partial charge in [-0.1, -0.05) is 25.1 Å². The second-order valence-corrected chi connectivity index (χ2v) is 8.16. The number of carbonyl (C=O) groups excluding carboxylic acids is 2. The van der Waals surface area contributed by atoms with E-state index in [9.17, 15) is 9.59 Å². The van der Waals surface area contributed by atoms with Gasteiger partial charge in [-0.2, -0.15) is 0 Å². The molecule has 148 valence electrons. The number of hydrogen-bond donors (Lipinski definition) is 1. The Kier molecular flexibility index (Phi) is 4.75. The Labute approximate surface area is 165 Å². The van der Waals surface area contributed by atoms with Gasteiger partial charge in [0.15, 0.2) is 0 Å². The Hall–Kier alpha value is -2.60. The predicted octanol–water partition coefficient (Wildman–Crippen LogP) is 3.30. The molecule has 0 unspecified atom stereocenters. The summed E-state index contributed by atoms with van der Waals surface area (Å²) in [5.41, 5.74) is -0.257. The number of fused-ring (bicyclic) bond motifs is 1. The van der Waals surface area contributed by atoms with Crippen molar-refractivity contribution in [3.05, 3.63) is 42.0 Å². The third kappa shape index (κ3) is 3.22. The van der Waals surface area contributed by atoms with Crippen LogP contribution in [0, 0.1) is 5.92 Å². The first-order chi connectivity index (χ1) is 13.4. The number of ether oxygens (including phenoxy) is 1. The first kappa shape index (κ1) is 18.7. The van der Waals surface area contributed by atoms with Gasteiger partial charge in [0, 0.05) is 13.1 Å². The maximum absolute atomic E-state index is 13.2. The van der Waals surface area contributed by atoms with Crippen molar-refractivity contribution in [1.82, 2.24) is 15.1 Å². The van der Waals surface area contributed by atoms with Crippen LogP contribution in [0.1, 0.15) is 32.3 Å². The van der Waals surface area contributed by atoms with Crippen molar-refractivity contribution in [3.63, 3.8) is 0 Å². The van der Waals surface area contributed by atoms with Gasteiger partial charge >= 0.3 is 6.03 Å². The molecule has 2 aromatic rings. The second kappa shape index (κ2) is 7.09. The number of carbonyl (C=O) groups is 2. The van der Waals surface area contributed by atoms with Gasteiger partial charge in [-0.3, -0.25) is 9.69 Å². The molecule has 2 fully saturated rings. The van der Waals surface area contributed by atoms with Crippen molar-refractivity contribution >= 4 is 22.7 Å². The van der Waals surface area contributed by atoms with Crippen LogP contribution in [-0.2, 0) is 10.3 Å². The molecule has 0 aliphatic carbocycles. The van der Waals surface area contributed by atoms with E-state index in [0.29, 0.717) is 12.6 Å². The molecule has 2 aliphatic rings. The zero-order valence-electron chi connectivity index (χ0n) is 16.7. The van der Waals surface area contributed by atoms with Crippen LogP contribution in [0.25, 0.3) is 10.8 Å². The van der Waals surface area contributed by atoms with Gasteiger partial charge in [-0.25, -0.2) is 9.69 Å². The second-order valence-electron chi connectivity index (χ2n) is 8.16. The van der Waals surface area contributed by atoms with Crippen LogP contribution in [0.2, 0.25) is 0 Å². The third-order valence-corrected chi connectivity index (χ3v) is 6.12. The number of nitrogens with zero attached hydrogens (tertiary/aromatic N) is 2. The molecule has 0 radical (unpaired) electrons. The highest BCUT2D eigenvalue weighted by atomic mass is 16.5. The Morgan fingerprint density at radius 1 is 1.11 bits per heavy atom. The average Bonchev–Trinajstić information content (AvgIpc) is 2.92. The summed E-state index contributed by atoms with van der Waals surface area (Å²) in [6.07, 6.45) is 2.21. The summed E-state index contributed by atoms with van der Waals surface area (Å²) in [5, 5.41) is 4.95. The van der Waals surface area contributed by atoms with Gasteiger partial charge in [0.1, 0.15) is 11.3 Å². The molecular weight excluding hydrogens is 354 g/mol. The van der Waals surface area contributed by atoms with Gasteiger partial charge in [0.25, 0.3) is 5.91 Å². The summed E-state index contributed by atoms with van der Waals surface area (Å²) in [6.45, 7) is 6.24. The highest BCUT2D eigenvalue weighted by Gasteiger charge is 2.49. The minimum Gasteiger partial charge on any atom is -0.497 e. The van der Waals surface area contributed by atoms with E-state index >= 15 is 0 Å². The van der Waals surface area contributed by atoms with E-state index in [4.69, 9.17) is 4.74 Å². The zero-order valence-corrected chi connectivity index (χ0v) is 16.7. The molecule has 3 amide bonds. The average molecular weight is 381 g/mol. The largest absolute Gasteiger partial charge is 0.497 e. The topological polar surface area (TPSA) is 61.9 Å². The molecule has 2 saturated heterocycles. The first-order valence-corrected chi connectivity index (χ1v) is 9.85. The molecule has 4 rings (SSSR count). The van der Waals surface area contributed by atoms with E-state index in [1.807, 2.05) is 36.4 Å². The molecule has 2 aliphatic heterocycles. The fourth-order valence-electron chi connectivity index (χ4n) is 4.09. The van der Waals surface area contributed by atoms with Crippen LogP contribution in [0.5, 0.6) is 5.75 Å². The number of piperidine rings is 1. The fourth-order valence-corrected chi connectivity index (χ4v) is 4.09. The molecule has 0 bridgehead atoms. The van der Waals surface area contributed by atoms with Gasteiger partial charge < -0.3 is 10.1 Å². The summed E-state index contributed by atoms with van der Waals surface area (Å²) >= 11 is 0. The fraction of sp³-hybridized carbons (Fsp3) is 0.455. The summed E-state index contributed by atoms with van der Waals surface area (Å²) in [4.78, 5) is 29.4. The van der Waals surface area contributed by atoms with Crippen LogP contribution < -0.4 is 10.1 Å². The normalized spacial score (nSPS) is 24.0. The summed E-state index contributed by atoms with van der Waals surface area (Å²) in [5.74, 6) is 1.31. The molecule has 0 spiro atoms. The SMILES string of the molecule is COc1ccc2cc([C@@]3(C)NC(=O)N(CN4CCC(C)CC4)C3=O)ccc2c1. The lowest BCUT2D eigenvalue weighted by Gasteiger charge is -2.32. The lowest BCUT2D eigenvalue weighted by atomic mass is 9.90. The van der Waals surface area contributed by atoms with Crippen molar-refractivity contribution in [1.29, 1.82) is 0 Å². The van der Waals surface area contributed by atoms with Gasteiger partial charge in [0.05, 0.1) is 13.8 Å².